The van der Waals surface area contributed by atoms with Crippen LogP contribution in [0.1, 0.15) is 32.7 Å². The molecule has 1 aromatic heterocycles. The van der Waals surface area contributed by atoms with Crippen LogP contribution in [0.15, 0.2) is 43.0 Å². The molecule has 2 heterocycles. The highest BCUT2D eigenvalue weighted by molar-refractivity contribution is 6.11. The molecule has 29 heavy (non-hydrogen) atoms. The Labute approximate surface area is 168 Å². The van der Waals surface area contributed by atoms with Crippen molar-refractivity contribution in [3.8, 4) is 11.1 Å². The quantitative estimate of drug-likeness (QED) is 0.690. The number of hydrogen-bond acceptors (Lipinski definition) is 2. The van der Waals surface area contributed by atoms with Crippen LogP contribution in [0.3, 0.4) is 0 Å². The number of aryl methyl sites for hydroxylation is 1. The minimum Gasteiger partial charge on any atom is -0.366 e. The molecule has 2 aromatic carbocycles. The van der Waals surface area contributed by atoms with E-state index in [0.717, 1.165) is 27.8 Å². The number of benzene rings is 2. The lowest BCUT2D eigenvalue weighted by Gasteiger charge is -2.29. The Kier molecular flexibility index (Phi) is 4.49. The van der Waals surface area contributed by atoms with E-state index in [1.165, 1.54) is 6.08 Å². The van der Waals surface area contributed by atoms with Gasteiger partial charge in [-0.05, 0) is 60.2 Å². The number of aromatic nitrogens is 1. The average Bonchev–Trinajstić information content (AvgIpc) is 2.96. The van der Waals surface area contributed by atoms with Crippen molar-refractivity contribution in [1.29, 1.82) is 0 Å². The number of halogens is 1. The third-order valence-corrected chi connectivity index (χ3v) is 5.89. The summed E-state index contributed by atoms with van der Waals surface area (Å²) >= 11 is 0. The molecular weight excluding hydrogens is 369 g/mol. The third kappa shape index (κ3) is 2.83. The first kappa shape index (κ1) is 18.9. The van der Waals surface area contributed by atoms with E-state index >= 15 is 0 Å². The molecule has 2 N–H and O–H groups in total. The highest BCUT2D eigenvalue weighted by Crippen LogP contribution is 2.39. The van der Waals surface area contributed by atoms with Gasteiger partial charge in [0.15, 0.2) is 0 Å². The summed E-state index contributed by atoms with van der Waals surface area (Å²) in [6.07, 6.45) is 2.02. The van der Waals surface area contributed by atoms with E-state index in [1.54, 1.807) is 17.9 Å². The maximum atomic E-state index is 14.9. The van der Waals surface area contributed by atoms with E-state index in [1.807, 2.05) is 31.2 Å². The van der Waals surface area contributed by atoms with E-state index in [4.69, 9.17) is 5.73 Å². The number of nitrogens with two attached hydrogens (primary N) is 1. The Morgan fingerprint density at radius 2 is 1.93 bits per heavy atom. The Bertz CT molecular complexity index is 1190. The van der Waals surface area contributed by atoms with Crippen molar-refractivity contribution in [2.24, 2.45) is 5.73 Å². The molecule has 1 aliphatic heterocycles. The fraction of sp³-hybridized carbons (Fsp3) is 0.217. The highest BCUT2D eigenvalue weighted by Gasteiger charge is 2.25. The van der Waals surface area contributed by atoms with Crippen LogP contribution >= 0.6 is 0 Å². The van der Waals surface area contributed by atoms with Crippen molar-refractivity contribution in [2.45, 2.75) is 26.8 Å². The summed E-state index contributed by atoms with van der Waals surface area (Å²) < 4.78 is 14.9. The number of fused-ring (bicyclic) bond motifs is 2. The molecule has 2 amide bonds. The molecule has 148 valence electrons. The molecule has 6 heteroatoms. The van der Waals surface area contributed by atoms with Crippen LogP contribution in [0.2, 0.25) is 0 Å². The van der Waals surface area contributed by atoms with Crippen molar-refractivity contribution < 1.29 is 14.1 Å². The Morgan fingerprint density at radius 3 is 2.62 bits per heavy atom. The number of hydrogen-bond donors (Lipinski definition) is 1. The van der Waals surface area contributed by atoms with E-state index in [2.05, 4.69) is 6.58 Å². The summed E-state index contributed by atoms with van der Waals surface area (Å²) in [6.45, 7) is 8.21. The molecule has 0 atom stereocenters. The first-order valence-electron chi connectivity index (χ1n) is 9.48. The monoisotopic (exact) mass is 391 g/mol. The molecule has 3 aromatic rings. The minimum atomic E-state index is -0.661. The van der Waals surface area contributed by atoms with Gasteiger partial charge in [-0.15, -0.1) is 0 Å². The molecular formula is C23H22FN3O2. The molecule has 0 spiro atoms. The van der Waals surface area contributed by atoms with Crippen LogP contribution in [0.25, 0.3) is 22.0 Å². The summed E-state index contributed by atoms with van der Waals surface area (Å²) in [6, 6.07) is 9.39. The standard InChI is InChI=1S/C23H22FN3O2/c1-4-20(28)26-11-10-16-15(12-26)6-5-7-17(16)18-8-9-19(23(25)29)22-21(18)13(2)14(3)27(22)24/h4-9H,1,10-12H2,2-3H3,(H2,25,29). The molecule has 0 fully saturated rings. The van der Waals surface area contributed by atoms with Gasteiger partial charge in [0, 0.05) is 18.5 Å². The van der Waals surface area contributed by atoms with E-state index < -0.39 is 5.91 Å². The molecule has 4 rings (SSSR count). The van der Waals surface area contributed by atoms with E-state index in [0.29, 0.717) is 35.4 Å². The molecule has 0 aliphatic carbocycles. The molecule has 0 bridgehead atoms. The van der Waals surface area contributed by atoms with Gasteiger partial charge in [-0.3, -0.25) is 9.59 Å². The SMILES string of the molecule is C=CC(=O)N1CCc2c(cccc2-c2ccc(C(N)=O)c3c2c(C)c(C)n3F)C1. The molecule has 0 saturated carbocycles. The van der Waals surface area contributed by atoms with Gasteiger partial charge in [-0.2, -0.15) is 4.79 Å². The topological polar surface area (TPSA) is 68.3 Å². The number of amides is 2. The van der Waals surface area contributed by atoms with Crippen molar-refractivity contribution in [1.82, 2.24) is 9.69 Å². The second kappa shape index (κ2) is 6.88. The first-order valence-corrected chi connectivity index (χ1v) is 9.48. The number of carbonyl (C=O) groups excluding carboxylic acids is 2. The van der Waals surface area contributed by atoms with Crippen molar-refractivity contribution >= 4 is 22.7 Å². The fourth-order valence-electron chi connectivity index (χ4n) is 4.27. The largest absolute Gasteiger partial charge is 0.366 e. The molecule has 1 aliphatic rings. The Hall–Kier alpha value is -3.41. The van der Waals surface area contributed by atoms with Crippen LogP contribution < -0.4 is 5.73 Å². The zero-order chi connectivity index (χ0) is 20.9. The molecule has 0 radical (unpaired) electrons. The van der Waals surface area contributed by atoms with E-state index in [9.17, 15) is 14.1 Å². The summed E-state index contributed by atoms with van der Waals surface area (Å²) in [7, 11) is 0. The summed E-state index contributed by atoms with van der Waals surface area (Å²) in [5, 5.41) is 0.694. The molecule has 5 nitrogen and oxygen atoms in total. The molecule has 0 unspecified atom stereocenters. The zero-order valence-electron chi connectivity index (χ0n) is 16.5. The number of nitrogens with zero attached hydrogens (tertiary/aromatic N) is 2. The van der Waals surface area contributed by atoms with Gasteiger partial charge in [0.25, 0.3) is 5.91 Å². The summed E-state index contributed by atoms with van der Waals surface area (Å²) in [4.78, 5) is 26.2. The number of rotatable bonds is 3. The van der Waals surface area contributed by atoms with Gasteiger partial charge < -0.3 is 10.6 Å². The summed E-state index contributed by atoms with van der Waals surface area (Å²) in [5.74, 6) is -0.748. The van der Waals surface area contributed by atoms with Crippen LogP contribution in [0.4, 0.5) is 4.48 Å². The predicted molar refractivity (Wildman–Crippen MR) is 111 cm³/mol. The number of primary amides is 1. The van der Waals surface area contributed by atoms with Gasteiger partial charge >= 0.3 is 0 Å². The second-order valence-corrected chi connectivity index (χ2v) is 7.40. The van der Waals surface area contributed by atoms with Gasteiger partial charge in [0.1, 0.15) is 0 Å². The maximum Gasteiger partial charge on any atom is 0.250 e. The van der Waals surface area contributed by atoms with E-state index in [-0.39, 0.29) is 17.0 Å². The van der Waals surface area contributed by atoms with Gasteiger partial charge in [-0.25, -0.2) is 0 Å². The van der Waals surface area contributed by atoms with Crippen LogP contribution in [-0.4, -0.2) is 28.0 Å². The second-order valence-electron chi connectivity index (χ2n) is 7.40. The lowest BCUT2D eigenvalue weighted by atomic mass is 9.88. The highest BCUT2D eigenvalue weighted by atomic mass is 19.2. The van der Waals surface area contributed by atoms with Crippen molar-refractivity contribution in [3.05, 3.63) is 70.9 Å². The first-order chi connectivity index (χ1) is 13.8. The van der Waals surface area contributed by atoms with Gasteiger partial charge in [0.05, 0.1) is 16.8 Å². The Balaban J connectivity index is 1.95. The summed E-state index contributed by atoms with van der Waals surface area (Å²) in [5.41, 5.74) is 11.1. The molecule has 0 saturated heterocycles. The average molecular weight is 391 g/mol. The van der Waals surface area contributed by atoms with Gasteiger partial charge in [0.2, 0.25) is 5.91 Å². The fourth-order valence-corrected chi connectivity index (χ4v) is 4.27. The third-order valence-electron chi connectivity index (χ3n) is 5.89. The number of carbonyl (C=O) groups is 2. The smallest absolute Gasteiger partial charge is 0.250 e. The van der Waals surface area contributed by atoms with Crippen molar-refractivity contribution in [2.75, 3.05) is 6.54 Å². The lowest BCUT2D eigenvalue weighted by molar-refractivity contribution is -0.126. The zero-order valence-corrected chi connectivity index (χ0v) is 16.5. The minimum absolute atomic E-state index is 0.0878. The predicted octanol–water partition coefficient (Wildman–Crippen LogP) is 3.83. The lowest BCUT2D eigenvalue weighted by Crippen LogP contribution is -2.34. The Morgan fingerprint density at radius 1 is 1.17 bits per heavy atom. The normalized spacial score (nSPS) is 13.4. The van der Waals surface area contributed by atoms with Gasteiger partial charge in [-0.1, -0.05) is 35.3 Å². The maximum absolute atomic E-state index is 14.9. The van der Waals surface area contributed by atoms with Crippen LogP contribution in [0.5, 0.6) is 0 Å². The van der Waals surface area contributed by atoms with Crippen LogP contribution in [-0.2, 0) is 17.8 Å². The van der Waals surface area contributed by atoms with Crippen molar-refractivity contribution in [3.63, 3.8) is 0 Å². The van der Waals surface area contributed by atoms with Crippen LogP contribution in [0, 0.1) is 13.8 Å².